The molecule has 0 saturated heterocycles. The minimum atomic E-state index is -1.26. The van der Waals surface area contributed by atoms with Gasteiger partial charge in [-0.2, -0.15) is 0 Å². The first-order valence-corrected chi connectivity index (χ1v) is 13.1. The van der Waals surface area contributed by atoms with Crippen molar-refractivity contribution in [2.75, 3.05) is 13.1 Å². The summed E-state index contributed by atoms with van der Waals surface area (Å²) in [4.78, 5) is 57.2. The fourth-order valence-electron chi connectivity index (χ4n) is 4.27. The molecule has 0 aliphatic rings. The highest BCUT2D eigenvalue weighted by Gasteiger charge is 2.27. The number of nitrogens with zero attached hydrogens (tertiary/aromatic N) is 1. The largest absolute Gasteiger partial charge is 0.480 e. The standard InChI is InChI=1S/C28H36N8O5/c29-20(13-17-7-2-1-3-8-17)25(38)34-16-24(37)35-22(11-6-12-32-28(30)31)26(39)36-23(27(40)41)14-18-15-33-21-10-5-4-9-19(18)21/h1-5,7-10,15,20,22-23,33H,6,11-14,16,29H2,(H,34,38)(H,35,37)(H,36,39)(H,40,41)(H4,30,31,32). The van der Waals surface area contributed by atoms with Crippen LogP contribution in [-0.2, 0) is 32.0 Å². The number of rotatable bonds is 15. The van der Waals surface area contributed by atoms with E-state index in [4.69, 9.17) is 17.2 Å². The molecule has 1 aromatic heterocycles. The predicted molar refractivity (Wildman–Crippen MR) is 155 cm³/mol. The summed E-state index contributed by atoms with van der Waals surface area (Å²) in [6.07, 6.45) is 2.46. The molecule has 218 valence electrons. The third kappa shape index (κ3) is 9.65. The minimum Gasteiger partial charge on any atom is -0.480 e. The fourth-order valence-corrected chi connectivity index (χ4v) is 4.27. The first kappa shape index (κ1) is 30.6. The van der Waals surface area contributed by atoms with Gasteiger partial charge in [0.1, 0.15) is 12.1 Å². The lowest BCUT2D eigenvalue weighted by atomic mass is 10.0. The van der Waals surface area contributed by atoms with Gasteiger partial charge >= 0.3 is 5.97 Å². The smallest absolute Gasteiger partial charge is 0.326 e. The van der Waals surface area contributed by atoms with E-state index in [9.17, 15) is 24.3 Å². The number of aliphatic imine (C=N–C) groups is 1. The van der Waals surface area contributed by atoms with Crippen LogP contribution in [-0.4, -0.2) is 71.0 Å². The number of aromatic nitrogens is 1. The van der Waals surface area contributed by atoms with Gasteiger partial charge in [0.25, 0.3) is 0 Å². The molecule has 0 aliphatic heterocycles. The van der Waals surface area contributed by atoms with Crippen molar-refractivity contribution in [1.82, 2.24) is 20.9 Å². The van der Waals surface area contributed by atoms with Crippen molar-refractivity contribution in [3.05, 3.63) is 71.9 Å². The number of H-pyrrole nitrogens is 1. The lowest BCUT2D eigenvalue weighted by molar-refractivity contribution is -0.142. The number of carboxylic acid groups (broad SMARTS) is 1. The Morgan fingerprint density at radius 1 is 0.902 bits per heavy atom. The zero-order valence-corrected chi connectivity index (χ0v) is 22.5. The van der Waals surface area contributed by atoms with Crippen molar-refractivity contribution in [3.8, 4) is 0 Å². The van der Waals surface area contributed by atoms with E-state index in [1.807, 2.05) is 54.6 Å². The summed E-state index contributed by atoms with van der Waals surface area (Å²) in [6.45, 7) is -0.221. The maximum atomic E-state index is 13.2. The number of nitrogens with one attached hydrogen (secondary N) is 4. The highest BCUT2D eigenvalue weighted by molar-refractivity contribution is 5.93. The van der Waals surface area contributed by atoms with Crippen LogP contribution in [0, 0.1) is 0 Å². The topological polar surface area (TPSA) is 231 Å². The second kappa shape index (κ2) is 15.0. The summed E-state index contributed by atoms with van der Waals surface area (Å²) >= 11 is 0. The minimum absolute atomic E-state index is 0.0229. The maximum absolute atomic E-state index is 13.2. The Morgan fingerprint density at radius 3 is 2.32 bits per heavy atom. The van der Waals surface area contributed by atoms with Crippen LogP contribution in [0.1, 0.15) is 24.0 Å². The third-order valence-electron chi connectivity index (χ3n) is 6.37. The van der Waals surface area contributed by atoms with Gasteiger partial charge in [0.15, 0.2) is 5.96 Å². The van der Waals surface area contributed by atoms with Gasteiger partial charge in [-0.05, 0) is 36.5 Å². The van der Waals surface area contributed by atoms with Crippen LogP contribution in [0.4, 0.5) is 0 Å². The number of carbonyl (C=O) groups excluding carboxylic acids is 3. The third-order valence-corrected chi connectivity index (χ3v) is 6.37. The van der Waals surface area contributed by atoms with Crippen molar-refractivity contribution >= 4 is 40.6 Å². The summed E-state index contributed by atoms with van der Waals surface area (Å²) in [5.74, 6) is -3.20. The Hall–Kier alpha value is -4.91. The number of carboxylic acids is 1. The summed E-state index contributed by atoms with van der Waals surface area (Å²) in [5, 5.41) is 18.2. The molecule has 0 bridgehead atoms. The number of guanidine groups is 1. The van der Waals surface area contributed by atoms with Gasteiger partial charge in [-0.3, -0.25) is 19.4 Å². The van der Waals surface area contributed by atoms with Crippen molar-refractivity contribution in [3.63, 3.8) is 0 Å². The van der Waals surface area contributed by atoms with Gasteiger partial charge in [-0.15, -0.1) is 0 Å². The number of hydrogen-bond acceptors (Lipinski definition) is 6. The summed E-state index contributed by atoms with van der Waals surface area (Å²) in [7, 11) is 0. The van der Waals surface area contributed by atoms with Gasteiger partial charge < -0.3 is 43.2 Å². The zero-order valence-electron chi connectivity index (χ0n) is 22.5. The van der Waals surface area contributed by atoms with Gasteiger partial charge in [-0.1, -0.05) is 48.5 Å². The van der Waals surface area contributed by atoms with Crippen molar-refractivity contribution in [1.29, 1.82) is 0 Å². The van der Waals surface area contributed by atoms with Crippen LogP contribution in [0.5, 0.6) is 0 Å². The van der Waals surface area contributed by atoms with E-state index >= 15 is 0 Å². The molecule has 3 aromatic rings. The van der Waals surface area contributed by atoms with E-state index in [2.05, 4.69) is 25.9 Å². The molecule has 0 aliphatic carbocycles. The Bertz CT molecular complexity index is 1370. The van der Waals surface area contributed by atoms with E-state index in [1.165, 1.54) is 0 Å². The lowest BCUT2D eigenvalue weighted by Gasteiger charge is -2.22. The molecular weight excluding hydrogens is 528 g/mol. The van der Waals surface area contributed by atoms with E-state index in [-0.39, 0.29) is 31.8 Å². The number of fused-ring (bicyclic) bond motifs is 1. The molecule has 3 rings (SSSR count). The van der Waals surface area contributed by atoms with E-state index in [0.717, 1.165) is 22.0 Å². The fraction of sp³-hybridized carbons (Fsp3) is 0.321. The summed E-state index contributed by atoms with van der Waals surface area (Å²) in [5.41, 5.74) is 19.1. The maximum Gasteiger partial charge on any atom is 0.326 e. The van der Waals surface area contributed by atoms with Crippen molar-refractivity contribution in [2.45, 2.75) is 43.8 Å². The van der Waals surface area contributed by atoms with E-state index in [0.29, 0.717) is 6.42 Å². The average Bonchev–Trinajstić information content (AvgIpc) is 3.36. The quantitative estimate of drug-likeness (QED) is 0.0680. The Balaban J connectivity index is 1.61. The van der Waals surface area contributed by atoms with Crippen LogP contribution in [0.15, 0.2) is 65.8 Å². The van der Waals surface area contributed by atoms with Crippen LogP contribution >= 0.6 is 0 Å². The van der Waals surface area contributed by atoms with Crippen molar-refractivity contribution in [2.24, 2.45) is 22.2 Å². The second-order valence-corrected chi connectivity index (χ2v) is 9.55. The highest BCUT2D eigenvalue weighted by atomic mass is 16.4. The van der Waals surface area contributed by atoms with E-state index < -0.39 is 48.4 Å². The number of para-hydroxylation sites is 1. The van der Waals surface area contributed by atoms with Crippen LogP contribution in [0.3, 0.4) is 0 Å². The molecule has 0 fully saturated rings. The Labute approximate surface area is 236 Å². The van der Waals surface area contributed by atoms with Crippen LogP contribution < -0.4 is 33.2 Å². The number of hydrogen-bond donors (Lipinski definition) is 8. The molecule has 11 N–H and O–H groups in total. The second-order valence-electron chi connectivity index (χ2n) is 9.55. The monoisotopic (exact) mass is 564 g/mol. The number of amides is 3. The van der Waals surface area contributed by atoms with E-state index in [1.54, 1.807) is 6.20 Å². The molecule has 3 amide bonds. The highest BCUT2D eigenvalue weighted by Crippen LogP contribution is 2.19. The first-order valence-electron chi connectivity index (χ1n) is 13.1. The lowest BCUT2D eigenvalue weighted by Crippen LogP contribution is -2.54. The molecule has 0 spiro atoms. The molecular formula is C28H36N8O5. The summed E-state index contributed by atoms with van der Waals surface area (Å²) in [6, 6.07) is 13.4. The van der Waals surface area contributed by atoms with Gasteiger partial charge in [0, 0.05) is 30.1 Å². The van der Waals surface area contributed by atoms with Gasteiger partial charge in [0.05, 0.1) is 12.6 Å². The van der Waals surface area contributed by atoms with Crippen LogP contribution in [0.25, 0.3) is 10.9 Å². The van der Waals surface area contributed by atoms with Crippen molar-refractivity contribution < 1.29 is 24.3 Å². The number of aromatic amines is 1. The summed E-state index contributed by atoms with van der Waals surface area (Å²) < 4.78 is 0. The molecule has 41 heavy (non-hydrogen) atoms. The predicted octanol–water partition coefficient (Wildman–Crippen LogP) is -0.496. The number of aliphatic carboxylic acids is 1. The molecule has 0 saturated carbocycles. The first-order chi connectivity index (χ1) is 19.6. The molecule has 2 aromatic carbocycles. The SMILES string of the molecule is NC(N)=NCCCC(NC(=O)CNC(=O)C(N)Cc1ccccc1)C(=O)NC(Cc1c[nH]c2ccccc12)C(=O)O. The molecule has 13 nitrogen and oxygen atoms in total. The molecule has 3 unspecified atom stereocenters. The molecule has 3 atom stereocenters. The number of benzene rings is 2. The average molecular weight is 565 g/mol. The molecule has 13 heteroatoms. The molecule has 1 heterocycles. The normalized spacial score (nSPS) is 13.0. The zero-order chi connectivity index (χ0) is 29.8. The van der Waals surface area contributed by atoms with Gasteiger partial charge in [0.2, 0.25) is 17.7 Å². The molecule has 0 radical (unpaired) electrons. The van der Waals surface area contributed by atoms with Gasteiger partial charge in [-0.25, -0.2) is 4.79 Å². The number of carbonyl (C=O) groups is 4. The van der Waals surface area contributed by atoms with Crippen LogP contribution in [0.2, 0.25) is 0 Å². The number of nitrogens with two attached hydrogens (primary N) is 3. The Kier molecular flexibility index (Phi) is 11.2. The Morgan fingerprint density at radius 2 is 1.61 bits per heavy atom.